The molecule has 3 aromatic heterocycles. The Morgan fingerprint density at radius 2 is 1.91 bits per heavy atom. The summed E-state index contributed by atoms with van der Waals surface area (Å²) in [5.41, 5.74) is 14.6. The average molecular weight is 572 g/mol. The number of anilines is 1. The van der Waals surface area contributed by atoms with Gasteiger partial charge in [-0.25, -0.2) is 9.97 Å². The van der Waals surface area contributed by atoms with Crippen LogP contribution in [0.5, 0.6) is 0 Å². The molecule has 1 saturated heterocycles. The van der Waals surface area contributed by atoms with Crippen LogP contribution in [0.2, 0.25) is 0 Å². The number of carbonyl (C=O) groups excluding carboxylic acids is 2. The van der Waals surface area contributed by atoms with Crippen LogP contribution in [-0.2, 0) is 24.8 Å². The highest BCUT2D eigenvalue weighted by molar-refractivity contribution is 6.00. The van der Waals surface area contributed by atoms with Crippen LogP contribution < -0.4 is 11.1 Å². The first-order valence-corrected chi connectivity index (χ1v) is 15.4. The molecule has 3 fully saturated rings. The molecule has 2 unspecified atom stereocenters. The number of likely N-dealkylation sites (tertiary alicyclic amines) is 1. The van der Waals surface area contributed by atoms with Crippen molar-refractivity contribution in [1.29, 1.82) is 0 Å². The van der Waals surface area contributed by atoms with Gasteiger partial charge in [0, 0.05) is 54.4 Å². The summed E-state index contributed by atoms with van der Waals surface area (Å²) in [5.74, 6) is 2.01. The highest BCUT2D eigenvalue weighted by Crippen LogP contribution is 2.39. The van der Waals surface area contributed by atoms with Crippen molar-refractivity contribution < 1.29 is 9.59 Å². The second kappa shape index (κ2) is 9.00. The third kappa shape index (κ3) is 3.87. The maximum Gasteiger partial charge on any atom is 0.254 e. The molecule has 5 heterocycles. The largest absolute Gasteiger partial charge is 0.334 e. The van der Waals surface area contributed by atoms with Gasteiger partial charge in [-0.2, -0.15) is 0 Å². The van der Waals surface area contributed by atoms with Gasteiger partial charge in [0.05, 0.1) is 28.8 Å². The van der Waals surface area contributed by atoms with Crippen LogP contribution in [0, 0.1) is 11.8 Å². The van der Waals surface area contributed by atoms with Gasteiger partial charge in [-0.3, -0.25) is 9.59 Å². The predicted octanol–water partition coefficient (Wildman–Crippen LogP) is 4.72. The van der Waals surface area contributed by atoms with Crippen molar-refractivity contribution in [3.8, 4) is 22.8 Å². The van der Waals surface area contributed by atoms with Crippen LogP contribution in [0.4, 0.5) is 5.69 Å². The molecule has 216 valence electrons. The lowest BCUT2D eigenvalue weighted by molar-refractivity contribution is -0.115. The second-order valence-electron chi connectivity index (χ2n) is 12.9. The molecule has 9 nitrogen and oxygen atoms in total. The number of rotatable bonds is 5. The van der Waals surface area contributed by atoms with E-state index in [0.29, 0.717) is 23.8 Å². The lowest BCUT2D eigenvalue weighted by atomic mass is 10.1. The molecule has 2 aromatic carbocycles. The van der Waals surface area contributed by atoms with E-state index in [9.17, 15) is 9.59 Å². The van der Waals surface area contributed by atoms with Crippen molar-refractivity contribution in [1.82, 2.24) is 24.0 Å². The van der Waals surface area contributed by atoms with Gasteiger partial charge in [-0.1, -0.05) is 6.07 Å². The molecule has 0 spiro atoms. The molecule has 9 heteroatoms. The van der Waals surface area contributed by atoms with Gasteiger partial charge in [-0.15, -0.1) is 0 Å². The minimum absolute atomic E-state index is 0.0321. The number of hydrogen-bond acceptors (Lipinski definition) is 5. The van der Waals surface area contributed by atoms with E-state index in [-0.39, 0.29) is 23.9 Å². The number of aryl methyl sites for hydroxylation is 1. The number of nitrogens with zero attached hydrogens (tertiary/aromatic N) is 5. The topological polar surface area (TPSA) is 111 Å². The first-order chi connectivity index (χ1) is 20.9. The molecule has 2 aliphatic heterocycles. The molecule has 0 radical (unpaired) electrons. The lowest BCUT2D eigenvalue weighted by Gasteiger charge is -2.27. The minimum Gasteiger partial charge on any atom is -0.334 e. The molecular formula is C34H33N7O2. The first-order valence-electron chi connectivity index (χ1n) is 15.4. The Morgan fingerprint density at radius 3 is 2.70 bits per heavy atom. The zero-order valence-electron chi connectivity index (χ0n) is 24.1. The van der Waals surface area contributed by atoms with Gasteiger partial charge >= 0.3 is 0 Å². The number of fused-ring (bicyclic) bond motifs is 5. The van der Waals surface area contributed by atoms with Gasteiger partial charge in [0.2, 0.25) is 5.91 Å². The number of nitrogens with one attached hydrogen (secondary N) is 1. The quantitative estimate of drug-likeness (QED) is 0.317. The van der Waals surface area contributed by atoms with E-state index in [2.05, 4.69) is 38.7 Å². The Balaban J connectivity index is 1.11. The van der Waals surface area contributed by atoms with Gasteiger partial charge in [0.15, 0.2) is 5.82 Å². The number of amides is 2. The molecule has 5 aromatic rings. The van der Waals surface area contributed by atoms with E-state index >= 15 is 0 Å². The fourth-order valence-electron chi connectivity index (χ4n) is 7.62. The Kier molecular flexibility index (Phi) is 5.24. The van der Waals surface area contributed by atoms with Crippen LogP contribution in [0.3, 0.4) is 0 Å². The highest BCUT2D eigenvalue weighted by Gasteiger charge is 2.46. The molecule has 4 aliphatic rings. The maximum absolute atomic E-state index is 13.5. The van der Waals surface area contributed by atoms with Crippen molar-refractivity contribution >= 4 is 39.6 Å². The zero-order chi connectivity index (χ0) is 29.0. The van der Waals surface area contributed by atoms with Crippen molar-refractivity contribution in [2.45, 2.75) is 50.7 Å². The number of hydrogen-bond donors (Lipinski definition) is 2. The van der Waals surface area contributed by atoms with Crippen LogP contribution >= 0.6 is 0 Å². The van der Waals surface area contributed by atoms with Crippen molar-refractivity contribution in [2.75, 3.05) is 11.9 Å². The van der Waals surface area contributed by atoms with Crippen LogP contribution in [0.1, 0.15) is 41.6 Å². The summed E-state index contributed by atoms with van der Waals surface area (Å²) >= 11 is 0. The van der Waals surface area contributed by atoms with Crippen molar-refractivity contribution in [2.24, 2.45) is 24.6 Å². The Bertz CT molecular complexity index is 2000. The van der Waals surface area contributed by atoms with E-state index in [1.54, 1.807) is 0 Å². The van der Waals surface area contributed by atoms with Gasteiger partial charge in [-0.05, 0) is 91.6 Å². The Morgan fingerprint density at radius 1 is 1.02 bits per heavy atom. The Labute approximate surface area is 248 Å². The molecule has 43 heavy (non-hydrogen) atoms. The molecule has 2 amide bonds. The second-order valence-corrected chi connectivity index (χ2v) is 12.9. The van der Waals surface area contributed by atoms with Crippen LogP contribution in [0.15, 0.2) is 54.6 Å². The van der Waals surface area contributed by atoms with E-state index in [1.165, 1.54) is 12.8 Å². The summed E-state index contributed by atoms with van der Waals surface area (Å²) in [6.07, 6.45) is 4.97. The summed E-state index contributed by atoms with van der Waals surface area (Å²) in [4.78, 5) is 37.7. The number of piperidine rings is 1. The third-order valence-electron chi connectivity index (χ3n) is 10.2. The van der Waals surface area contributed by atoms with Gasteiger partial charge in [0.1, 0.15) is 5.65 Å². The lowest BCUT2D eigenvalue weighted by Crippen LogP contribution is -2.41. The van der Waals surface area contributed by atoms with Crippen molar-refractivity contribution in [3.63, 3.8) is 0 Å². The van der Waals surface area contributed by atoms with E-state index in [0.717, 1.165) is 82.0 Å². The molecule has 2 bridgehead atoms. The van der Waals surface area contributed by atoms with Crippen LogP contribution in [-0.4, -0.2) is 54.4 Å². The summed E-state index contributed by atoms with van der Waals surface area (Å²) in [6.45, 7) is 1.65. The first kappa shape index (κ1) is 25.0. The monoisotopic (exact) mass is 571 g/mol. The van der Waals surface area contributed by atoms with Gasteiger partial charge in [0.25, 0.3) is 5.91 Å². The van der Waals surface area contributed by atoms with Gasteiger partial charge < -0.3 is 25.1 Å². The van der Waals surface area contributed by atoms with E-state index in [4.69, 9.17) is 15.7 Å². The third-order valence-corrected chi connectivity index (χ3v) is 10.2. The van der Waals surface area contributed by atoms with Crippen LogP contribution in [0.25, 0.3) is 44.8 Å². The number of nitrogens with two attached hydrogens (primary N) is 1. The highest BCUT2D eigenvalue weighted by atomic mass is 16.2. The molecule has 9 rings (SSSR count). The molecule has 3 atom stereocenters. The summed E-state index contributed by atoms with van der Waals surface area (Å²) < 4.78 is 4.45. The number of pyridine rings is 1. The maximum atomic E-state index is 13.5. The number of imidazole rings is 1. The normalized spacial score (nSPS) is 22.6. The Hall–Kier alpha value is -4.50. The molecular weight excluding hydrogens is 538 g/mol. The van der Waals surface area contributed by atoms with E-state index in [1.807, 2.05) is 42.3 Å². The molecule has 3 N–H and O–H groups in total. The summed E-state index contributed by atoms with van der Waals surface area (Å²) in [6, 6.07) is 18.6. The average Bonchev–Trinajstić information content (AvgIpc) is 3.23. The fourth-order valence-corrected chi connectivity index (χ4v) is 7.62. The number of aromatic nitrogens is 4. The standard InChI is InChI=1S/C34H33N7O2/c1-39-27-10-6-21(34(43)41-17-22-7-11-28(41)31(22)35)13-26(27)38-33(39)29-14-20-5-9-24(37-32(20)40(29)16-18-2-3-18)19-4-8-25-23(12-19)15-30(42)36-25/h4-6,8-10,12-14,18,22,28,31H,2-3,7,11,15-17,35H2,1H3,(H,36,42)/t22?,28?,31-/m1/s1. The van der Waals surface area contributed by atoms with E-state index < -0.39 is 0 Å². The summed E-state index contributed by atoms with van der Waals surface area (Å²) in [7, 11) is 2.04. The number of carbonyl (C=O) groups is 2. The molecule has 2 saturated carbocycles. The minimum atomic E-state index is 0.0321. The fraction of sp³-hybridized carbons (Fsp3) is 0.353. The zero-order valence-corrected chi connectivity index (χ0v) is 24.1. The molecule has 2 aliphatic carbocycles. The number of benzene rings is 2. The van der Waals surface area contributed by atoms with Crippen molar-refractivity contribution in [3.05, 3.63) is 65.7 Å². The SMILES string of the molecule is Cn1c(-c2cc3ccc(-c4ccc5c(c4)CC(=O)N5)nc3n2CC2CC2)nc2cc(C(=O)N3CC4CCC3[C@@H]4N)ccc21. The smallest absolute Gasteiger partial charge is 0.254 e. The predicted molar refractivity (Wildman–Crippen MR) is 165 cm³/mol. The summed E-state index contributed by atoms with van der Waals surface area (Å²) in [5, 5.41) is 3.98.